The number of ether oxygens (including phenoxy) is 2. The molecule has 5 rings (SSSR count). The van der Waals surface area contributed by atoms with Gasteiger partial charge in [0.15, 0.2) is 6.29 Å². The topological polar surface area (TPSA) is 140 Å². The molecule has 49 heavy (non-hydrogen) atoms. The first-order valence-electron chi connectivity index (χ1n) is 15.5. The monoisotopic (exact) mass is 703 g/mol. The number of benzene rings is 2. The zero-order chi connectivity index (χ0) is 35.3. The molecule has 0 bridgehead atoms. The van der Waals surface area contributed by atoms with E-state index in [1.165, 1.54) is 25.4 Å². The molecule has 2 aromatic carbocycles. The number of halogens is 2. The van der Waals surface area contributed by atoms with Crippen LogP contribution >= 0.6 is 23.2 Å². The van der Waals surface area contributed by atoms with E-state index in [9.17, 15) is 19.2 Å². The molecule has 0 aliphatic carbocycles. The molecule has 2 aromatic heterocycles. The fourth-order valence-corrected chi connectivity index (χ4v) is 5.92. The molecule has 0 saturated carbocycles. The van der Waals surface area contributed by atoms with Crippen molar-refractivity contribution in [2.24, 2.45) is 0 Å². The molecule has 1 aliphatic rings. The second-order valence-corrected chi connectivity index (χ2v) is 13.2. The maximum atomic E-state index is 13.2. The van der Waals surface area contributed by atoms with E-state index in [0.29, 0.717) is 63.5 Å². The molecule has 3 amide bonds. The number of nitrogens with zero attached hydrogens (tertiary/aromatic N) is 3. The summed E-state index contributed by atoms with van der Waals surface area (Å²) in [5.41, 5.74) is 3.10. The first kappa shape index (κ1) is 35.3. The van der Waals surface area contributed by atoms with Crippen molar-refractivity contribution in [2.75, 3.05) is 19.0 Å². The molecular weight excluding hydrogens is 669 g/mol. The van der Waals surface area contributed by atoms with E-state index < -0.39 is 17.6 Å². The number of pyridine rings is 2. The predicted octanol–water partition coefficient (Wildman–Crippen LogP) is 7.21. The standard InChI is InChI=1S/C36H35Cl2N5O6/c1-36(2,3)49-35(47)43(19-24-11-13-30(45)41-24)18-23-10-9-22(16-29(23)48-4)33-32(38)26(14-15-39-33)25-6-5-7-27(31(25)37)42-34(46)28-12-8-21(20-44)17-40-28/h5-10,12,14-17,20,24H,11,13,18-19H2,1-4H3,(H,41,45)(H,42,46)/t24-/m0/s1. The Morgan fingerprint density at radius 2 is 1.84 bits per heavy atom. The number of hydrogen-bond acceptors (Lipinski definition) is 8. The summed E-state index contributed by atoms with van der Waals surface area (Å²) >= 11 is 13.8. The Morgan fingerprint density at radius 1 is 1.06 bits per heavy atom. The van der Waals surface area contributed by atoms with Gasteiger partial charge >= 0.3 is 6.09 Å². The first-order chi connectivity index (χ1) is 23.4. The summed E-state index contributed by atoms with van der Waals surface area (Å²) in [5.74, 6) is -0.0364. The van der Waals surface area contributed by atoms with E-state index in [1.54, 1.807) is 62.2 Å². The Labute approximate surface area is 293 Å². The third kappa shape index (κ3) is 8.54. The van der Waals surface area contributed by atoms with Crippen molar-refractivity contribution < 1.29 is 28.7 Å². The van der Waals surface area contributed by atoms with Crippen molar-refractivity contribution in [2.45, 2.75) is 51.8 Å². The average Bonchev–Trinajstić information content (AvgIpc) is 3.49. The van der Waals surface area contributed by atoms with Crippen molar-refractivity contribution in [3.63, 3.8) is 0 Å². The third-order valence-electron chi connectivity index (χ3n) is 7.68. The third-order valence-corrected chi connectivity index (χ3v) is 8.47. The van der Waals surface area contributed by atoms with Crippen molar-refractivity contribution >= 4 is 53.1 Å². The largest absolute Gasteiger partial charge is 0.496 e. The van der Waals surface area contributed by atoms with E-state index in [1.807, 2.05) is 12.1 Å². The van der Waals surface area contributed by atoms with E-state index in [4.69, 9.17) is 32.7 Å². The summed E-state index contributed by atoms with van der Waals surface area (Å²) in [5, 5.41) is 6.26. The quantitative estimate of drug-likeness (QED) is 0.165. The molecule has 11 nitrogen and oxygen atoms in total. The summed E-state index contributed by atoms with van der Waals surface area (Å²) in [7, 11) is 1.54. The van der Waals surface area contributed by atoms with Gasteiger partial charge in [0.25, 0.3) is 5.91 Å². The number of methoxy groups -OCH3 is 1. The summed E-state index contributed by atoms with van der Waals surface area (Å²) < 4.78 is 11.4. The molecule has 4 aromatic rings. The highest BCUT2D eigenvalue weighted by Gasteiger charge is 2.29. The maximum Gasteiger partial charge on any atom is 0.410 e. The van der Waals surface area contributed by atoms with Crippen LogP contribution in [0, 0.1) is 0 Å². The number of hydrogen-bond donors (Lipinski definition) is 2. The fraction of sp³-hybridized carbons (Fsp3) is 0.278. The number of rotatable bonds is 10. The molecule has 0 spiro atoms. The zero-order valence-corrected chi connectivity index (χ0v) is 28.9. The number of carbonyl (C=O) groups excluding carboxylic acids is 4. The van der Waals surface area contributed by atoms with Gasteiger partial charge in [-0.15, -0.1) is 0 Å². The molecule has 1 atom stereocenters. The van der Waals surface area contributed by atoms with Gasteiger partial charge in [0.2, 0.25) is 5.91 Å². The van der Waals surface area contributed by atoms with Gasteiger partial charge in [-0.05, 0) is 57.5 Å². The number of aromatic nitrogens is 2. The molecule has 1 aliphatic heterocycles. The van der Waals surface area contributed by atoms with Gasteiger partial charge in [-0.25, -0.2) is 4.79 Å². The van der Waals surface area contributed by atoms with Crippen molar-refractivity contribution in [1.82, 2.24) is 20.2 Å². The Balaban J connectivity index is 1.41. The minimum atomic E-state index is -0.703. The van der Waals surface area contributed by atoms with Gasteiger partial charge in [0.1, 0.15) is 17.0 Å². The lowest BCUT2D eigenvalue weighted by Crippen LogP contribution is -2.43. The van der Waals surface area contributed by atoms with Crippen LogP contribution < -0.4 is 15.4 Å². The molecule has 13 heteroatoms. The first-order valence-corrected chi connectivity index (χ1v) is 16.2. The fourth-order valence-electron chi connectivity index (χ4n) is 5.32. The van der Waals surface area contributed by atoms with Gasteiger partial charge in [0, 0.05) is 59.2 Å². The smallest absolute Gasteiger partial charge is 0.410 e. The van der Waals surface area contributed by atoms with Crippen LogP contribution in [0.25, 0.3) is 22.4 Å². The Bertz CT molecular complexity index is 1890. The van der Waals surface area contributed by atoms with Crippen LogP contribution in [0.4, 0.5) is 10.5 Å². The van der Waals surface area contributed by atoms with Crippen LogP contribution in [0.5, 0.6) is 5.75 Å². The Morgan fingerprint density at radius 3 is 2.49 bits per heavy atom. The minimum Gasteiger partial charge on any atom is -0.496 e. The van der Waals surface area contributed by atoms with Gasteiger partial charge in [-0.1, -0.05) is 47.5 Å². The minimum absolute atomic E-state index is 0.0417. The van der Waals surface area contributed by atoms with Crippen molar-refractivity contribution in [3.05, 3.63) is 93.9 Å². The van der Waals surface area contributed by atoms with Crippen molar-refractivity contribution in [1.29, 1.82) is 0 Å². The Hall–Kier alpha value is -5.00. The lowest BCUT2D eigenvalue weighted by atomic mass is 10.0. The van der Waals surface area contributed by atoms with Gasteiger partial charge in [-0.3, -0.25) is 24.4 Å². The number of carbonyl (C=O) groups is 4. The van der Waals surface area contributed by atoms with E-state index in [-0.39, 0.29) is 35.8 Å². The number of nitrogens with one attached hydrogen (secondary N) is 2. The van der Waals surface area contributed by atoms with Crippen LogP contribution in [-0.2, 0) is 16.1 Å². The molecule has 0 radical (unpaired) electrons. The van der Waals surface area contributed by atoms with Gasteiger partial charge in [0.05, 0.1) is 35.1 Å². The number of anilines is 1. The maximum absolute atomic E-state index is 13.2. The summed E-state index contributed by atoms with van der Waals surface area (Å²) in [4.78, 5) is 59.0. The second kappa shape index (κ2) is 15.0. The van der Waals surface area contributed by atoms with Gasteiger partial charge < -0.3 is 25.0 Å². The summed E-state index contributed by atoms with van der Waals surface area (Å²) in [6.07, 6.45) is 4.11. The SMILES string of the molecule is COc1cc(-c2nccc(-c3cccc(NC(=O)c4ccc(C=O)cn4)c3Cl)c2Cl)ccc1CN(C[C@@H]1CCC(=O)N1)C(=O)OC(C)(C)C. The predicted molar refractivity (Wildman–Crippen MR) is 187 cm³/mol. The number of aldehydes is 1. The molecule has 1 saturated heterocycles. The van der Waals surface area contributed by atoms with Crippen LogP contribution in [0.1, 0.15) is 60.0 Å². The van der Waals surface area contributed by atoms with Crippen LogP contribution in [0.3, 0.4) is 0 Å². The van der Waals surface area contributed by atoms with Crippen LogP contribution in [0.2, 0.25) is 10.0 Å². The summed E-state index contributed by atoms with van der Waals surface area (Å²) in [6, 6.07) is 15.1. The molecule has 2 N–H and O–H groups in total. The summed E-state index contributed by atoms with van der Waals surface area (Å²) in [6.45, 7) is 5.86. The van der Waals surface area contributed by atoms with Crippen molar-refractivity contribution in [3.8, 4) is 28.1 Å². The molecule has 0 unspecified atom stereocenters. The molecule has 1 fully saturated rings. The zero-order valence-electron chi connectivity index (χ0n) is 27.4. The second-order valence-electron chi connectivity index (χ2n) is 12.4. The molecule has 3 heterocycles. The highest BCUT2D eigenvalue weighted by molar-refractivity contribution is 6.39. The normalized spacial score (nSPS) is 14.2. The van der Waals surface area contributed by atoms with E-state index >= 15 is 0 Å². The average molecular weight is 705 g/mol. The highest BCUT2D eigenvalue weighted by atomic mass is 35.5. The van der Waals surface area contributed by atoms with Crippen LogP contribution in [-0.4, -0.2) is 64.4 Å². The lowest BCUT2D eigenvalue weighted by molar-refractivity contribution is -0.119. The van der Waals surface area contributed by atoms with Crippen LogP contribution in [0.15, 0.2) is 67.0 Å². The van der Waals surface area contributed by atoms with E-state index in [0.717, 1.165) is 5.56 Å². The lowest BCUT2D eigenvalue weighted by Gasteiger charge is -2.29. The van der Waals surface area contributed by atoms with Gasteiger partial charge in [-0.2, -0.15) is 0 Å². The van der Waals surface area contributed by atoms with E-state index in [2.05, 4.69) is 20.6 Å². The highest BCUT2D eigenvalue weighted by Crippen LogP contribution is 2.41. The Kier molecular flexibility index (Phi) is 10.8. The number of amides is 3. The molecule has 254 valence electrons. The molecular formula is C36H35Cl2N5O6.